The maximum atomic E-state index is 5.22. The lowest BCUT2D eigenvalue weighted by atomic mass is 10.1. The summed E-state index contributed by atoms with van der Waals surface area (Å²) in [6.45, 7) is 7.32. The zero-order chi connectivity index (χ0) is 26.4. The Bertz CT molecular complexity index is 1080. The molecule has 0 saturated heterocycles. The first-order valence-electron chi connectivity index (χ1n) is 13.5. The number of rotatable bonds is 13. The van der Waals surface area contributed by atoms with Crippen LogP contribution in [0.15, 0.2) is 132 Å². The van der Waals surface area contributed by atoms with E-state index in [-0.39, 0.29) is 0 Å². The smallest absolute Gasteiger partial charge is 0.0835 e. The molecule has 0 atom stereocenters. The van der Waals surface area contributed by atoms with Gasteiger partial charge in [-0.2, -0.15) is 10.2 Å². The molecule has 0 aromatic heterocycles. The monoisotopic (exact) mass is 502 g/mol. The van der Waals surface area contributed by atoms with Gasteiger partial charge in [0, 0.05) is 0 Å². The van der Waals surface area contributed by atoms with Crippen molar-refractivity contribution in [1.82, 2.24) is 10.0 Å². The van der Waals surface area contributed by atoms with E-state index in [2.05, 4.69) is 145 Å². The number of hydrazone groups is 2. The summed E-state index contributed by atoms with van der Waals surface area (Å²) >= 11 is 0. The van der Waals surface area contributed by atoms with Crippen LogP contribution < -0.4 is 0 Å². The van der Waals surface area contributed by atoms with Crippen molar-refractivity contribution < 1.29 is 0 Å². The van der Waals surface area contributed by atoms with Gasteiger partial charge in [-0.3, -0.25) is 10.0 Å². The second-order valence-electron chi connectivity index (χ2n) is 9.39. The minimum Gasteiger partial charge on any atom is -0.288 e. The lowest BCUT2D eigenvalue weighted by molar-refractivity contribution is 0.267. The molecule has 0 amide bonds. The molecule has 4 nitrogen and oxygen atoms in total. The van der Waals surface area contributed by atoms with E-state index in [9.17, 15) is 0 Å². The molecule has 0 fully saturated rings. The van der Waals surface area contributed by atoms with E-state index < -0.39 is 0 Å². The van der Waals surface area contributed by atoms with E-state index >= 15 is 0 Å². The summed E-state index contributed by atoms with van der Waals surface area (Å²) < 4.78 is 0. The number of benzene rings is 4. The average molecular weight is 503 g/mol. The van der Waals surface area contributed by atoms with E-state index in [1.54, 1.807) is 0 Å². The third kappa shape index (κ3) is 8.45. The molecule has 4 aromatic carbocycles. The Labute approximate surface area is 228 Å². The predicted octanol–water partition coefficient (Wildman–Crippen LogP) is 7.92. The Morgan fingerprint density at radius 3 is 0.868 bits per heavy atom. The summed E-state index contributed by atoms with van der Waals surface area (Å²) in [7, 11) is 0. The molecule has 4 rings (SSSR count). The Morgan fingerprint density at radius 1 is 0.421 bits per heavy atom. The standard InChI is InChI=1S/C34H38N4/c1-3-33(35-37(25-29-17-9-5-10-18-29)26-30-19-11-6-12-20-30)34(4-2)36-38(27-31-21-13-7-14-22-31)28-32-23-15-8-16-24-32/h5-24H,3-4,25-28H2,1-2H3. The molecule has 0 heterocycles. The molecular formula is C34H38N4. The first kappa shape index (κ1) is 26.9. The minimum atomic E-state index is 0.744. The fraction of sp³-hybridized carbons (Fsp3) is 0.235. The van der Waals surface area contributed by atoms with E-state index in [0.717, 1.165) is 50.4 Å². The Kier molecular flexibility index (Phi) is 10.3. The first-order chi connectivity index (χ1) is 18.7. The van der Waals surface area contributed by atoms with Crippen LogP contribution >= 0.6 is 0 Å². The summed E-state index contributed by atoms with van der Waals surface area (Å²) in [6.07, 6.45) is 1.63. The van der Waals surface area contributed by atoms with Crippen molar-refractivity contribution in [3.8, 4) is 0 Å². The summed E-state index contributed by atoms with van der Waals surface area (Å²) in [5.74, 6) is 0. The molecule has 4 heteroatoms. The second-order valence-corrected chi connectivity index (χ2v) is 9.39. The van der Waals surface area contributed by atoms with Gasteiger partial charge in [-0.15, -0.1) is 0 Å². The largest absolute Gasteiger partial charge is 0.288 e. The topological polar surface area (TPSA) is 31.2 Å². The Hall–Kier alpha value is -4.18. The highest BCUT2D eigenvalue weighted by Gasteiger charge is 2.13. The van der Waals surface area contributed by atoms with Crippen molar-refractivity contribution in [3.05, 3.63) is 144 Å². The summed E-state index contributed by atoms with van der Waals surface area (Å²) in [6, 6.07) is 42.2. The Balaban J connectivity index is 1.64. The van der Waals surface area contributed by atoms with Gasteiger partial charge in [-0.05, 0) is 35.1 Å². The van der Waals surface area contributed by atoms with Gasteiger partial charge in [-0.25, -0.2) is 0 Å². The highest BCUT2D eigenvalue weighted by molar-refractivity contribution is 6.42. The molecule has 0 radical (unpaired) electrons. The SMILES string of the molecule is CCC(=NN(Cc1ccccc1)Cc1ccccc1)C(CC)=NN(Cc1ccccc1)Cc1ccccc1. The maximum absolute atomic E-state index is 5.22. The molecule has 194 valence electrons. The van der Waals surface area contributed by atoms with Crippen LogP contribution in [-0.2, 0) is 26.2 Å². The van der Waals surface area contributed by atoms with E-state index in [1.807, 2.05) is 0 Å². The fourth-order valence-corrected chi connectivity index (χ4v) is 4.44. The Morgan fingerprint density at radius 2 is 0.658 bits per heavy atom. The zero-order valence-electron chi connectivity index (χ0n) is 22.6. The fourth-order valence-electron chi connectivity index (χ4n) is 4.44. The number of nitrogens with zero attached hydrogens (tertiary/aromatic N) is 4. The van der Waals surface area contributed by atoms with Gasteiger partial charge in [0.05, 0.1) is 37.6 Å². The summed E-state index contributed by atoms with van der Waals surface area (Å²) in [5.41, 5.74) is 7.04. The highest BCUT2D eigenvalue weighted by atomic mass is 15.5. The molecule has 4 aromatic rings. The quantitative estimate of drug-likeness (QED) is 0.137. The summed E-state index contributed by atoms with van der Waals surface area (Å²) in [5, 5.41) is 14.8. The molecule has 0 aliphatic heterocycles. The zero-order valence-corrected chi connectivity index (χ0v) is 22.6. The average Bonchev–Trinajstić information content (AvgIpc) is 2.97. The van der Waals surface area contributed by atoms with Crippen LogP contribution in [0.4, 0.5) is 0 Å². The third-order valence-electron chi connectivity index (χ3n) is 6.36. The molecule has 38 heavy (non-hydrogen) atoms. The van der Waals surface area contributed by atoms with Crippen LogP contribution in [0.3, 0.4) is 0 Å². The molecule has 0 bridgehead atoms. The maximum Gasteiger partial charge on any atom is 0.0835 e. The van der Waals surface area contributed by atoms with Crippen molar-refractivity contribution >= 4 is 11.4 Å². The van der Waals surface area contributed by atoms with Crippen molar-refractivity contribution in [1.29, 1.82) is 0 Å². The molecule has 0 spiro atoms. The van der Waals surface area contributed by atoms with Crippen LogP contribution in [-0.4, -0.2) is 21.4 Å². The molecule has 0 saturated carbocycles. The van der Waals surface area contributed by atoms with Crippen LogP contribution in [0.1, 0.15) is 48.9 Å². The van der Waals surface area contributed by atoms with Gasteiger partial charge in [-0.1, -0.05) is 135 Å². The van der Waals surface area contributed by atoms with Gasteiger partial charge in [0.1, 0.15) is 0 Å². The predicted molar refractivity (Wildman–Crippen MR) is 160 cm³/mol. The van der Waals surface area contributed by atoms with E-state index in [0.29, 0.717) is 0 Å². The number of hydrogen-bond acceptors (Lipinski definition) is 4. The van der Waals surface area contributed by atoms with Crippen molar-refractivity contribution in [3.63, 3.8) is 0 Å². The van der Waals surface area contributed by atoms with Crippen LogP contribution in [0, 0.1) is 0 Å². The van der Waals surface area contributed by atoms with Crippen molar-refractivity contribution in [2.75, 3.05) is 0 Å². The third-order valence-corrected chi connectivity index (χ3v) is 6.36. The molecular weight excluding hydrogens is 464 g/mol. The molecule has 0 aliphatic rings. The molecule has 0 unspecified atom stereocenters. The first-order valence-corrected chi connectivity index (χ1v) is 13.5. The van der Waals surface area contributed by atoms with Crippen LogP contribution in [0.5, 0.6) is 0 Å². The van der Waals surface area contributed by atoms with Gasteiger partial charge in [0.15, 0.2) is 0 Å². The second kappa shape index (κ2) is 14.5. The van der Waals surface area contributed by atoms with E-state index in [1.165, 1.54) is 22.3 Å². The number of hydrogen-bond donors (Lipinski definition) is 0. The van der Waals surface area contributed by atoms with Crippen LogP contribution in [0.2, 0.25) is 0 Å². The van der Waals surface area contributed by atoms with E-state index in [4.69, 9.17) is 10.2 Å². The molecule has 0 N–H and O–H groups in total. The van der Waals surface area contributed by atoms with Gasteiger partial charge < -0.3 is 0 Å². The van der Waals surface area contributed by atoms with Gasteiger partial charge >= 0.3 is 0 Å². The lowest BCUT2D eigenvalue weighted by Crippen LogP contribution is -2.26. The van der Waals surface area contributed by atoms with Gasteiger partial charge in [0.25, 0.3) is 0 Å². The molecule has 0 aliphatic carbocycles. The van der Waals surface area contributed by atoms with Crippen LogP contribution in [0.25, 0.3) is 0 Å². The van der Waals surface area contributed by atoms with Crippen molar-refractivity contribution in [2.45, 2.75) is 52.9 Å². The minimum absolute atomic E-state index is 0.744. The highest BCUT2D eigenvalue weighted by Crippen LogP contribution is 2.15. The van der Waals surface area contributed by atoms with Crippen molar-refractivity contribution in [2.24, 2.45) is 10.2 Å². The lowest BCUT2D eigenvalue weighted by Gasteiger charge is -2.24. The normalized spacial score (nSPS) is 11.8. The van der Waals surface area contributed by atoms with Gasteiger partial charge in [0.2, 0.25) is 0 Å². The summed E-state index contributed by atoms with van der Waals surface area (Å²) in [4.78, 5) is 0.